The number of methoxy groups -OCH3 is 1. The van der Waals surface area contributed by atoms with E-state index in [1.807, 2.05) is 0 Å². The standard InChI is InChI=1S/C13H20N2O2/c1-15-6-5-12-9-11(3-4-13(12)15)10-14-17-8-7-16-2/h3-4,9,14H,5-8,10H2,1-2H3. The Balaban J connectivity index is 1.82. The maximum absolute atomic E-state index is 5.23. The molecule has 0 aromatic heterocycles. The molecule has 0 unspecified atom stereocenters. The fourth-order valence-electron chi connectivity index (χ4n) is 2.06. The van der Waals surface area contributed by atoms with Gasteiger partial charge in [0.2, 0.25) is 0 Å². The number of benzene rings is 1. The van der Waals surface area contributed by atoms with E-state index in [2.05, 4.69) is 35.6 Å². The molecule has 0 saturated heterocycles. The van der Waals surface area contributed by atoms with Crippen molar-refractivity contribution in [2.75, 3.05) is 38.8 Å². The largest absolute Gasteiger partial charge is 0.382 e. The van der Waals surface area contributed by atoms with E-state index in [1.54, 1.807) is 7.11 Å². The Morgan fingerprint density at radius 2 is 2.24 bits per heavy atom. The quantitative estimate of drug-likeness (QED) is 0.597. The molecule has 0 bridgehead atoms. The summed E-state index contributed by atoms with van der Waals surface area (Å²) in [5, 5.41) is 0. The van der Waals surface area contributed by atoms with Gasteiger partial charge in [0.25, 0.3) is 0 Å². The molecular formula is C13H20N2O2. The zero-order valence-corrected chi connectivity index (χ0v) is 10.5. The first kappa shape index (κ1) is 12.4. The first-order valence-corrected chi connectivity index (χ1v) is 5.98. The third kappa shape index (κ3) is 3.19. The molecule has 0 amide bonds. The summed E-state index contributed by atoms with van der Waals surface area (Å²) >= 11 is 0. The van der Waals surface area contributed by atoms with Crippen molar-refractivity contribution in [3.63, 3.8) is 0 Å². The van der Waals surface area contributed by atoms with Crippen LogP contribution in [-0.2, 0) is 22.5 Å². The Morgan fingerprint density at radius 3 is 3.06 bits per heavy atom. The van der Waals surface area contributed by atoms with E-state index in [-0.39, 0.29) is 0 Å². The van der Waals surface area contributed by atoms with Gasteiger partial charge in [-0.15, -0.1) is 0 Å². The number of nitrogens with zero attached hydrogens (tertiary/aromatic N) is 1. The predicted octanol–water partition coefficient (Wildman–Crippen LogP) is 1.35. The van der Waals surface area contributed by atoms with Crippen LogP contribution in [0.5, 0.6) is 0 Å². The Bertz CT molecular complexity index is 368. The minimum atomic E-state index is 0.574. The predicted molar refractivity (Wildman–Crippen MR) is 68.1 cm³/mol. The fourth-order valence-corrected chi connectivity index (χ4v) is 2.06. The number of likely N-dealkylation sites (N-methyl/N-ethyl adjacent to an activating group) is 1. The molecule has 0 spiro atoms. The molecule has 1 aliphatic rings. The van der Waals surface area contributed by atoms with Crippen LogP contribution in [0.1, 0.15) is 11.1 Å². The second kappa shape index (κ2) is 6.00. The smallest absolute Gasteiger partial charge is 0.0916 e. The van der Waals surface area contributed by atoms with Gasteiger partial charge in [0.1, 0.15) is 0 Å². The number of rotatable bonds is 6. The molecule has 1 aliphatic heterocycles. The summed E-state index contributed by atoms with van der Waals surface area (Å²) in [6.45, 7) is 3.05. The molecular weight excluding hydrogens is 216 g/mol. The summed E-state index contributed by atoms with van der Waals surface area (Å²) in [5.41, 5.74) is 7.00. The molecule has 4 heteroatoms. The Kier molecular flexibility index (Phi) is 4.36. The number of fused-ring (bicyclic) bond motifs is 1. The maximum Gasteiger partial charge on any atom is 0.0916 e. The fraction of sp³-hybridized carbons (Fsp3) is 0.538. The van der Waals surface area contributed by atoms with Gasteiger partial charge in [-0.1, -0.05) is 12.1 Å². The molecule has 94 valence electrons. The van der Waals surface area contributed by atoms with E-state index >= 15 is 0 Å². The Morgan fingerprint density at radius 1 is 1.35 bits per heavy atom. The van der Waals surface area contributed by atoms with E-state index in [0.717, 1.165) is 19.5 Å². The summed E-state index contributed by atoms with van der Waals surface area (Å²) in [6.07, 6.45) is 1.14. The lowest BCUT2D eigenvalue weighted by Gasteiger charge is -2.12. The number of hydrogen-bond acceptors (Lipinski definition) is 4. The third-order valence-electron chi connectivity index (χ3n) is 3.04. The van der Waals surface area contributed by atoms with Gasteiger partial charge in [0, 0.05) is 32.9 Å². The summed E-state index contributed by atoms with van der Waals surface area (Å²) in [4.78, 5) is 7.53. The van der Waals surface area contributed by atoms with Crippen LogP contribution in [0.3, 0.4) is 0 Å². The highest BCUT2D eigenvalue weighted by atomic mass is 16.7. The second-order valence-electron chi connectivity index (χ2n) is 4.30. The number of hydrogen-bond donors (Lipinski definition) is 1. The van der Waals surface area contributed by atoms with Crippen LogP contribution in [0.15, 0.2) is 18.2 Å². The second-order valence-corrected chi connectivity index (χ2v) is 4.30. The van der Waals surface area contributed by atoms with E-state index in [1.165, 1.54) is 16.8 Å². The van der Waals surface area contributed by atoms with Gasteiger partial charge in [0.05, 0.1) is 13.2 Å². The average molecular weight is 236 g/mol. The van der Waals surface area contributed by atoms with E-state index in [4.69, 9.17) is 9.57 Å². The molecule has 17 heavy (non-hydrogen) atoms. The number of anilines is 1. The summed E-state index contributed by atoms with van der Waals surface area (Å²) in [7, 11) is 3.80. The molecule has 1 aromatic carbocycles. The molecule has 0 fully saturated rings. The lowest BCUT2D eigenvalue weighted by Crippen LogP contribution is -2.17. The number of hydroxylamine groups is 1. The van der Waals surface area contributed by atoms with Crippen LogP contribution < -0.4 is 10.4 Å². The monoisotopic (exact) mass is 236 g/mol. The highest BCUT2D eigenvalue weighted by Crippen LogP contribution is 2.27. The van der Waals surface area contributed by atoms with Gasteiger partial charge in [-0.25, -0.2) is 0 Å². The third-order valence-corrected chi connectivity index (χ3v) is 3.04. The summed E-state index contributed by atoms with van der Waals surface area (Å²) in [5.74, 6) is 0. The highest BCUT2D eigenvalue weighted by Gasteiger charge is 2.15. The normalized spacial score (nSPS) is 14.1. The summed E-state index contributed by atoms with van der Waals surface area (Å²) in [6, 6.07) is 6.59. The highest BCUT2D eigenvalue weighted by molar-refractivity contribution is 5.58. The van der Waals surface area contributed by atoms with Crippen molar-refractivity contribution in [1.82, 2.24) is 5.48 Å². The van der Waals surface area contributed by atoms with Crippen molar-refractivity contribution in [3.8, 4) is 0 Å². The molecule has 0 atom stereocenters. The SMILES string of the molecule is COCCONCc1ccc2c(c1)CCN2C. The molecule has 0 aliphatic carbocycles. The van der Waals surface area contributed by atoms with Gasteiger partial charge >= 0.3 is 0 Å². The topological polar surface area (TPSA) is 33.7 Å². The van der Waals surface area contributed by atoms with Crippen LogP contribution in [0.4, 0.5) is 5.69 Å². The van der Waals surface area contributed by atoms with Crippen molar-refractivity contribution < 1.29 is 9.57 Å². The number of nitrogens with one attached hydrogen (secondary N) is 1. The minimum absolute atomic E-state index is 0.574. The van der Waals surface area contributed by atoms with Gasteiger partial charge < -0.3 is 9.64 Å². The van der Waals surface area contributed by atoms with Crippen LogP contribution in [0, 0.1) is 0 Å². The van der Waals surface area contributed by atoms with Crippen LogP contribution >= 0.6 is 0 Å². The molecule has 1 heterocycles. The van der Waals surface area contributed by atoms with E-state index in [9.17, 15) is 0 Å². The van der Waals surface area contributed by atoms with E-state index < -0.39 is 0 Å². The lowest BCUT2D eigenvalue weighted by atomic mass is 10.1. The van der Waals surface area contributed by atoms with Crippen molar-refractivity contribution in [3.05, 3.63) is 29.3 Å². The van der Waals surface area contributed by atoms with E-state index in [0.29, 0.717) is 13.2 Å². The average Bonchev–Trinajstić information content (AvgIpc) is 2.71. The molecule has 4 nitrogen and oxygen atoms in total. The Hall–Kier alpha value is -1.10. The van der Waals surface area contributed by atoms with Gasteiger partial charge in [-0.2, -0.15) is 5.48 Å². The maximum atomic E-state index is 5.23. The van der Waals surface area contributed by atoms with Crippen molar-refractivity contribution >= 4 is 5.69 Å². The van der Waals surface area contributed by atoms with Crippen LogP contribution in [-0.4, -0.2) is 33.9 Å². The van der Waals surface area contributed by atoms with Crippen molar-refractivity contribution in [2.24, 2.45) is 0 Å². The zero-order chi connectivity index (χ0) is 12.1. The molecule has 2 rings (SSSR count). The molecule has 1 N–H and O–H groups in total. The van der Waals surface area contributed by atoms with Crippen molar-refractivity contribution in [1.29, 1.82) is 0 Å². The zero-order valence-electron chi connectivity index (χ0n) is 10.5. The lowest BCUT2D eigenvalue weighted by molar-refractivity contribution is 0.00346. The van der Waals surface area contributed by atoms with Gasteiger partial charge in [-0.05, 0) is 23.6 Å². The van der Waals surface area contributed by atoms with Crippen molar-refractivity contribution in [2.45, 2.75) is 13.0 Å². The van der Waals surface area contributed by atoms with Crippen LogP contribution in [0.25, 0.3) is 0 Å². The van der Waals surface area contributed by atoms with Gasteiger partial charge in [0.15, 0.2) is 0 Å². The minimum Gasteiger partial charge on any atom is -0.382 e. The van der Waals surface area contributed by atoms with Crippen LogP contribution in [0.2, 0.25) is 0 Å². The summed E-state index contributed by atoms with van der Waals surface area (Å²) < 4.78 is 4.90. The first-order chi connectivity index (χ1) is 8.31. The van der Waals surface area contributed by atoms with Gasteiger partial charge in [-0.3, -0.25) is 4.84 Å². The Labute approximate surface area is 102 Å². The first-order valence-electron chi connectivity index (χ1n) is 5.98. The molecule has 0 saturated carbocycles. The number of ether oxygens (including phenoxy) is 1. The molecule has 0 radical (unpaired) electrons. The molecule has 1 aromatic rings.